The summed E-state index contributed by atoms with van der Waals surface area (Å²) in [5.74, 6) is -1.50. The quantitative estimate of drug-likeness (QED) is 0.239. The van der Waals surface area contributed by atoms with Crippen molar-refractivity contribution in [3.05, 3.63) is 0 Å². The van der Waals surface area contributed by atoms with E-state index in [0.29, 0.717) is 0 Å². The van der Waals surface area contributed by atoms with E-state index in [-0.39, 0.29) is 25.4 Å². The van der Waals surface area contributed by atoms with Crippen LogP contribution in [0.15, 0.2) is 0 Å². The summed E-state index contributed by atoms with van der Waals surface area (Å²) >= 11 is 0.887. The molecule has 0 amide bonds. The zero-order chi connectivity index (χ0) is 17.2. The van der Waals surface area contributed by atoms with Gasteiger partial charge in [-0.15, -0.1) is 0 Å². The summed E-state index contributed by atoms with van der Waals surface area (Å²) < 4.78 is 22.0. The van der Waals surface area contributed by atoms with Crippen LogP contribution in [0, 0.1) is 11.5 Å². The highest BCUT2D eigenvalue weighted by Crippen LogP contribution is 2.56. The number of aliphatic carboxylic acids is 1. The van der Waals surface area contributed by atoms with E-state index in [1.165, 1.54) is 14.0 Å². The molecule has 2 atom stereocenters. The van der Waals surface area contributed by atoms with Gasteiger partial charge >= 0.3 is 18.7 Å². The third-order valence-corrected chi connectivity index (χ3v) is 6.54. The highest BCUT2D eigenvalue weighted by atomic mass is 32.7. The molecule has 126 valence electrons. The first-order valence-corrected chi connectivity index (χ1v) is 9.60. The van der Waals surface area contributed by atoms with Gasteiger partial charge in [0.2, 0.25) is 0 Å². The molecule has 0 saturated heterocycles. The number of ether oxygens (including phenoxy) is 1. The van der Waals surface area contributed by atoms with E-state index in [2.05, 4.69) is 9.82 Å². The molecule has 0 bridgehead atoms. The maximum atomic E-state index is 12.4. The molecule has 0 radical (unpaired) electrons. The molecule has 0 heterocycles. The molecule has 0 aliphatic carbocycles. The molecule has 0 spiro atoms. The fraction of sp³-hybridized carbons (Fsp3) is 0.727. The van der Waals surface area contributed by atoms with E-state index in [1.54, 1.807) is 6.92 Å². The van der Waals surface area contributed by atoms with Crippen molar-refractivity contribution in [1.82, 2.24) is 9.99 Å². The van der Waals surface area contributed by atoms with Crippen molar-refractivity contribution in [3.63, 3.8) is 0 Å². The van der Waals surface area contributed by atoms with E-state index < -0.39 is 24.7 Å². The Morgan fingerprint density at radius 3 is 2.64 bits per heavy atom. The Morgan fingerprint density at radius 1 is 1.55 bits per heavy atom. The van der Waals surface area contributed by atoms with Gasteiger partial charge in [0.05, 0.1) is 13.7 Å². The van der Waals surface area contributed by atoms with E-state index in [1.807, 2.05) is 6.19 Å². The van der Waals surface area contributed by atoms with Gasteiger partial charge in [-0.3, -0.25) is 19.1 Å². The van der Waals surface area contributed by atoms with Gasteiger partial charge in [0, 0.05) is 12.3 Å². The number of methoxy groups -OCH3 is 1. The third-order valence-electron chi connectivity index (χ3n) is 2.33. The number of nitrogens with one attached hydrogen (secondary N) is 1. The van der Waals surface area contributed by atoms with Gasteiger partial charge in [0.15, 0.2) is 6.19 Å². The van der Waals surface area contributed by atoms with Gasteiger partial charge in [-0.1, -0.05) is 11.4 Å². The second-order valence-corrected chi connectivity index (χ2v) is 8.43. The fourth-order valence-corrected chi connectivity index (χ4v) is 5.12. The van der Waals surface area contributed by atoms with Crippen LogP contribution in [-0.2, 0) is 23.4 Å². The van der Waals surface area contributed by atoms with Gasteiger partial charge in [0.1, 0.15) is 12.6 Å². The summed E-state index contributed by atoms with van der Waals surface area (Å²) in [7, 11) is 1.22. The summed E-state index contributed by atoms with van der Waals surface area (Å²) in [6.45, 7) is -0.318. The van der Waals surface area contributed by atoms with E-state index in [0.717, 1.165) is 16.3 Å². The van der Waals surface area contributed by atoms with Crippen LogP contribution in [0.2, 0.25) is 0 Å². The Labute approximate surface area is 133 Å². The topological polar surface area (TPSA) is 129 Å². The number of hydrogen-bond acceptors (Lipinski definition) is 8. The Hall–Kier alpha value is -1.27. The SMILES string of the molecule is CCO[P@@](=O)(NC(C)C(=O)O)SCCN(C#N)CC(=O)OC. The summed E-state index contributed by atoms with van der Waals surface area (Å²) in [4.78, 5) is 23.0. The number of nitrogens with zero attached hydrogens (tertiary/aromatic N) is 2. The van der Waals surface area contributed by atoms with Crippen molar-refractivity contribution in [2.45, 2.75) is 19.9 Å². The highest BCUT2D eigenvalue weighted by molar-refractivity contribution is 8.56. The normalized spacial score (nSPS) is 14.5. The number of hydrogen-bond donors (Lipinski definition) is 2. The van der Waals surface area contributed by atoms with Gasteiger partial charge in [-0.05, 0) is 13.8 Å². The fourth-order valence-electron chi connectivity index (χ4n) is 1.23. The van der Waals surface area contributed by atoms with Crippen LogP contribution in [0.25, 0.3) is 0 Å². The average Bonchev–Trinajstić information content (AvgIpc) is 2.45. The molecule has 9 nitrogen and oxygen atoms in total. The molecular formula is C11H20N3O6PS. The number of esters is 1. The maximum Gasteiger partial charge on any atom is 0.327 e. The molecule has 11 heteroatoms. The zero-order valence-corrected chi connectivity index (χ0v) is 14.4. The standard InChI is InChI=1S/C11H20N3O6PS/c1-4-20-21(18,13-9(2)11(16)17)22-6-5-14(8-12)7-10(15)19-3/h9H,4-7H2,1-3H3,(H,13,18)(H,16,17)/t9?,21-/m0/s1. The van der Waals surface area contributed by atoms with Crippen LogP contribution >= 0.6 is 18.1 Å². The third kappa shape index (κ3) is 8.24. The first-order valence-electron chi connectivity index (χ1n) is 6.39. The number of carbonyl (C=O) groups is 2. The van der Waals surface area contributed by atoms with Crippen molar-refractivity contribution in [2.24, 2.45) is 0 Å². The molecule has 0 aliphatic rings. The molecule has 0 fully saturated rings. The number of carboxylic acid groups (broad SMARTS) is 1. The smallest absolute Gasteiger partial charge is 0.327 e. The first kappa shape index (κ1) is 20.7. The highest BCUT2D eigenvalue weighted by Gasteiger charge is 2.28. The Morgan fingerprint density at radius 2 is 2.18 bits per heavy atom. The lowest BCUT2D eigenvalue weighted by Gasteiger charge is -2.21. The van der Waals surface area contributed by atoms with E-state index >= 15 is 0 Å². The lowest BCUT2D eigenvalue weighted by molar-refractivity contribution is -0.141. The predicted molar refractivity (Wildman–Crippen MR) is 81.1 cm³/mol. The lowest BCUT2D eigenvalue weighted by atomic mass is 10.4. The second-order valence-electron chi connectivity index (χ2n) is 4.04. The molecular weight excluding hydrogens is 333 g/mol. The van der Waals surface area contributed by atoms with Gasteiger partial charge in [0.25, 0.3) is 0 Å². The predicted octanol–water partition coefficient (Wildman–Crippen LogP) is 0.883. The molecule has 1 unspecified atom stereocenters. The van der Waals surface area contributed by atoms with Crippen LogP contribution in [0.4, 0.5) is 0 Å². The molecule has 2 N–H and O–H groups in total. The summed E-state index contributed by atoms with van der Waals surface area (Å²) in [5, 5.41) is 20.2. The van der Waals surface area contributed by atoms with Crippen molar-refractivity contribution < 1.29 is 28.5 Å². The van der Waals surface area contributed by atoms with Gasteiger partial charge in [-0.2, -0.15) is 5.26 Å². The Balaban J connectivity index is 4.52. The Bertz CT molecular complexity index is 469. The Kier molecular flexibility index (Phi) is 9.85. The summed E-state index contributed by atoms with van der Waals surface area (Å²) in [5.41, 5.74) is 0. The molecule has 0 aromatic heterocycles. The first-order chi connectivity index (χ1) is 10.3. The maximum absolute atomic E-state index is 12.4. The van der Waals surface area contributed by atoms with Crippen LogP contribution in [0.1, 0.15) is 13.8 Å². The van der Waals surface area contributed by atoms with Crippen LogP contribution < -0.4 is 5.09 Å². The van der Waals surface area contributed by atoms with Gasteiger partial charge in [-0.25, -0.2) is 5.09 Å². The number of rotatable bonds is 11. The molecule has 0 rings (SSSR count). The van der Waals surface area contributed by atoms with Crippen molar-refractivity contribution in [2.75, 3.05) is 32.6 Å². The monoisotopic (exact) mass is 353 g/mol. The number of nitriles is 1. The molecule has 0 aromatic carbocycles. The van der Waals surface area contributed by atoms with E-state index in [9.17, 15) is 14.2 Å². The molecule has 0 saturated carbocycles. The van der Waals surface area contributed by atoms with Crippen molar-refractivity contribution in [3.8, 4) is 6.19 Å². The largest absolute Gasteiger partial charge is 0.480 e. The zero-order valence-electron chi connectivity index (χ0n) is 12.6. The summed E-state index contributed by atoms with van der Waals surface area (Å²) in [6.07, 6.45) is 1.82. The van der Waals surface area contributed by atoms with Crippen LogP contribution in [0.3, 0.4) is 0 Å². The minimum absolute atomic E-state index is 0.147. The van der Waals surface area contributed by atoms with Crippen molar-refractivity contribution >= 4 is 30.0 Å². The van der Waals surface area contributed by atoms with Crippen LogP contribution in [0.5, 0.6) is 0 Å². The second kappa shape index (κ2) is 10.5. The average molecular weight is 353 g/mol. The molecule has 0 aliphatic heterocycles. The van der Waals surface area contributed by atoms with E-state index in [4.69, 9.17) is 14.9 Å². The molecule has 22 heavy (non-hydrogen) atoms. The van der Waals surface area contributed by atoms with Crippen molar-refractivity contribution in [1.29, 1.82) is 5.26 Å². The number of carbonyl (C=O) groups excluding carboxylic acids is 1. The van der Waals surface area contributed by atoms with Gasteiger partial charge < -0.3 is 14.4 Å². The van der Waals surface area contributed by atoms with Crippen LogP contribution in [-0.4, -0.2) is 60.5 Å². The lowest BCUT2D eigenvalue weighted by Crippen LogP contribution is -2.32. The number of carboxylic acids is 1. The molecule has 0 aromatic rings. The minimum Gasteiger partial charge on any atom is -0.480 e. The summed E-state index contributed by atoms with van der Waals surface area (Å²) in [6, 6.07) is -1.04. The minimum atomic E-state index is -3.40.